The van der Waals surface area contributed by atoms with Crippen LogP contribution in [0.25, 0.3) is 0 Å². The number of benzene rings is 1. The van der Waals surface area contributed by atoms with Gasteiger partial charge in [0, 0.05) is 12.5 Å². The number of likely N-dealkylation sites (tertiary alicyclic amines) is 1. The topological polar surface area (TPSA) is 131 Å². The minimum absolute atomic E-state index is 0.00472. The predicted molar refractivity (Wildman–Crippen MR) is 96.7 cm³/mol. The number of aryl methyl sites for hydroxylation is 1. The molecule has 0 saturated carbocycles. The highest BCUT2D eigenvalue weighted by atomic mass is 16.6. The number of aromatic carboxylic acids is 1. The summed E-state index contributed by atoms with van der Waals surface area (Å²) < 4.78 is 10.9. The third-order valence-electron chi connectivity index (χ3n) is 5.58. The number of carbonyl (C=O) groups excluding carboxylic acids is 2. The van der Waals surface area contributed by atoms with Crippen LogP contribution >= 0.6 is 0 Å². The monoisotopic (exact) mass is 390 g/mol. The minimum atomic E-state index is -3.10. The van der Waals surface area contributed by atoms with Crippen LogP contribution in [0.3, 0.4) is 0 Å². The molecule has 0 unspecified atom stereocenters. The van der Waals surface area contributed by atoms with E-state index in [9.17, 15) is 24.7 Å². The molecule has 4 rings (SSSR count). The SMILES string of the molecule is O=C([O-])c1c(OC2CN(C(=O)C[C@@H]3CCCN3)C2)ccc2c1O[B-](O)(O)CC2. The number of hydrogen-bond acceptors (Lipinski definition) is 8. The van der Waals surface area contributed by atoms with Crippen LogP contribution in [0.1, 0.15) is 35.2 Å². The van der Waals surface area contributed by atoms with Gasteiger partial charge in [-0.05, 0) is 37.4 Å². The van der Waals surface area contributed by atoms with Gasteiger partial charge >= 0.3 is 6.75 Å². The number of ether oxygens (including phenoxy) is 1. The Hall–Kier alpha value is -2.30. The van der Waals surface area contributed by atoms with Crippen LogP contribution < -0.4 is 19.8 Å². The van der Waals surface area contributed by atoms with E-state index in [-0.39, 0.29) is 47.9 Å². The van der Waals surface area contributed by atoms with Crippen molar-refractivity contribution in [3.05, 3.63) is 23.3 Å². The molecule has 0 aliphatic carbocycles. The predicted octanol–water partition coefficient (Wildman–Crippen LogP) is -1.36. The summed E-state index contributed by atoms with van der Waals surface area (Å²) in [5.41, 5.74) is 0.230. The van der Waals surface area contributed by atoms with Crippen LogP contribution in [0.4, 0.5) is 0 Å². The summed E-state index contributed by atoms with van der Waals surface area (Å²) in [6.45, 7) is -1.40. The third kappa shape index (κ3) is 3.80. The number of hydrogen-bond donors (Lipinski definition) is 3. The number of rotatable bonds is 5. The lowest BCUT2D eigenvalue weighted by Crippen LogP contribution is -2.57. The summed E-state index contributed by atoms with van der Waals surface area (Å²) in [6, 6.07) is 3.40. The van der Waals surface area contributed by atoms with E-state index in [1.807, 2.05) is 0 Å². The maximum absolute atomic E-state index is 12.3. The molecular weight excluding hydrogens is 367 g/mol. The Bertz CT molecular complexity index is 788. The second-order valence-electron chi connectivity index (χ2n) is 7.77. The fourth-order valence-corrected chi connectivity index (χ4v) is 3.99. The summed E-state index contributed by atoms with van der Waals surface area (Å²) >= 11 is 0. The van der Waals surface area contributed by atoms with Crippen LogP contribution in [-0.4, -0.2) is 65.4 Å². The molecule has 1 aromatic carbocycles. The number of carbonyl (C=O) groups is 2. The lowest BCUT2D eigenvalue weighted by atomic mass is 9.70. The molecule has 9 nitrogen and oxygen atoms in total. The van der Waals surface area contributed by atoms with Crippen molar-refractivity contribution in [2.24, 2.45) is 0 Å². The number of nitrogens with zero attached hydrogens (tertiary/aromatic N) is 1. The molecule has 28 heavy (non-hydrogen) atoms. The average Bonchev–Trinajstić information content (AvgIpc) is 3.08. The Labute approximate surface area is 162 Å². The van der Waals surface area contributed by atoms with Gasteiger partial charge in [-0.15, -0.1) is 0 Å². The van der Waals surface area contributed by atoms with Crippen molar-refractivity contribution in [1.29, 1.82) is 0 Å². The third-order valence-corrected chi connectivity index (χ3v) is 5.58. The van der Waals surface area contributed by atoms with E-state index >= 15 is 0 Å². The number of nitrogens with one attached hydrogen (secondary N) is 1. The fourth-order valence-electron chi connectivity index (χ4n) is 3.99. The van der Waals surface area contributed by atoms with Crippen LogP contribution in [0, 0.1) is 0 Å². The lowest BCUT2D eigenvalue weighted by Gasteiger charge is -2.41. The van der Waals surface area contributed by atoms with Crippen LogP contribution in [0.2, 0.25) is 6.32 Å². The molecule has 0 spiro atoms. The molecule has 1 aromatic rings. The van der Waals surface area contributed by atoms with Crippen molar-refractivity contribution in [2.45, 2.75) is 44.1 Å². The smallest absolute Gasteiger partial charge is 0.430 e. The van der Waals surface area contributed by atoms with Gasteiger partial charge < -0.3 is 39.6 Å². The summed E-state index contributed by atoms with van der Waals surface area (Å²) in [6.07, 6.45) is 2.49. The minimum Gasteiger partial charge on any atom is -0.669 e. The van der Waals surface area contributed by atoms with Gasteiger partial charge in [0.1, 0.15) is 11.9 Å². The lowest BCUT2D eigenvalue weighted by molar-refractivity contribution is -0.255. The van der Waals surface area contributed by atoms with Crippen molar-refractivity contribution in [3.8, 4) is 11.5 Å². The zero-order valence-electron chi connectivity index (χ0n) is 15.4. The maximum Gasteiger partial charge on any atom is 0.430 e. The first-order valence-electron chi connectivity index (χ1n) is 9.67. The Morgan fingerprint density at radius 3 is 2.82 bits per heavy atom. The van der Waals surface area contributed by atoms with E-state index in [0.29, 0.717) is 25.1 Å². The zero-order valence-corrected chi connectivity index (χ0v) is 15.4. The van der Waals surface area contributed by atoms with Gasteiger partial charge in [-0.1, -0.05) is 12.4 Å². The molecule has 0 aromatic heterocycles. The van der Waals surface area contributed by atoms with Crippen molar-refractivity contribution in [1.82, 2.24) is 10.2 Å². The van der Waals surface area contributed by atoms with Gasteiger partial charge in [0.2, 0.25) is 5.91 Å². The standard InChI is InChI=1S/C18H24BN2O7/c22-15(8-12-2-1-7-20-12)21-9-13(10-21)27-14-4-3-11-5-6-19(25,26)28-17(11)16(14)18(23)24/h3-4,12-13,20,25-26H,1-2,5-10H2,(H,23,24)/q-1/p-1/t12-/m0/s1. The normalized spacial score (nSPS) is 23.5. The molecule has 1 atom stereocenters. The van der Waals surface area contributed by atoms with Crippen molar-refractivity contribution < 1.29 is 34.1 Å². The molecule has 3 aliphatic heterocycles. The number of carboxylic acid groups (broad SMARTS) is 1. The van der Waals surface area contributed by atoms with E-state index in [1.54, 1.807) is 11.0 Å². The quantitative estimate of drug-likeness (QED) is 0.526. The highest BCUT2D eigenvalue weighted by Crippen LogP contribution is 2.38. The highest BCUT2D eigenvalue weighted by Gasteiger charge is 2.35. The molecule has 3 heterocycles. The van der Waals surface area contributed by atoms with Gasteiger partial charge in [0.05, 0.1) is 30.4 Å². The molecule has 2 fully saturated rings. The van der Waals surface area contributed by atoms with Gasteiger partial charge in [-0.25, -0.2) is 0 Å². The second kappa shape index (κ2) is 7.27. The average molecular weight is 390 g/mol. The van der Waals surface area contributed by atoms with E-state index < -0.39 is 12.7 Å². The largest absolute Gasteiger partial charge is 0.669 e. The molecule has 3 aliphatic rings. The Kier molecular flexibility index (Phi) is 4.94. The zero-order chi connectivity index (χ0) is 19.9. The number of amides is 1. The van der Waals surface area contributed by atoms with Gasteiger partial charge in [0.25, 0.3) is 0 Å². The molecule has 152 valence electrons. The van der Waals surface area contributed by atoms with E-state index in [2.05, 4.69) is 5.32 Å². The van der Waals surface area contributed by atoms with Gasteiger partial charge in [-0.2, -0.15) is 0 Å². The highest BCUT2D eigenvalue weighted by molar-refractivity contribution is 6.59. The van der Waals surface area contributed by atoms with Gasteiger partial charge in [-0.3, -0.25) is 4.79 Å². The summed E-state index contributed by atoms with van der Waals surface area (Å²) in [5.74, 6) is -1.53. The molecule has 3 N–H and O–H groups in total. The van der Waals surface area contributed by atoms with Gasteiger partial charge in [0.15, 0.2) is 0 Å². The van der Waals surface area contributed by atoms with Crippen LogP contribution in [-0.2, 0) is 11.2 Å². The first-order valence-corrected chi connectivity index (χ1v) is 9.67. The number of carboxylic acids is 1. The molecular formula is C18H23BN2O7-2. The van der Waals surface area contributed by atoms with Crippen molar-refractivity contribution in [2.75, 3.05) is 19.6 Å². The first-order chi connectivity index (χ1) is 13.3. The molecule has 0 radical (unpaired) electrons. The second-order valence-corrected chi connectivity index (χ2v) is 7.77. The van der Waals surface area contributed by atoms with Crippen LogP contribution in [0.5, 0.6) is 11.5 Å². The van der Waals surface area contributed by atoms with E-state index in [4.69, 9.17) is 9.39 Å². The fraction of sp³-hybridized carbons (Fsp3) is 0.556. The maximum atomic E-state index is 12.3. The molecule has 2 saturated heterocycles. The Morgan fingerprint density at radius 1 is 1.36 bits per heavy atom. The Morgan fingerprint density at radius 2 is 2.14 bits per heavy atom. The summed E-state index contributed by atoms with van der Waals surface area (Å²) in [7, 11) is 0. The molecule has 1 amide bonds. The van der Waals surface area contributed by atoms with E-state index in [0.717, 1.165) is 19.4 Å². The molecule has 0 bridgehead atoms. The van der Waals surface area contributed by atoms with Crippen LogP contribution in [0.15, 0.2) is 12.1 Å². The first kappa shape index (κ1) is 19.0. The number of fused-ring (bicyclic) bond motifs is 1. The Balaban J connectivity index is 1.42. The molecule has 10 heteroatoms. The van der Waals surface area contributed by atoms with Crippen molar-refractivity contribution >= 4 is 18.6 Å². The van der Waals surface area contributed by atoms with Crippen molar-refractivity contribution in [3.63, 3.8) is 0 Å². The summed E-state index contributed by atoms with van der Waals surface area (Å²) in [5, 5.41) is 34.5. The summed E-state index contributed by atoms with van der Waals surface area (Å²) in [4.78, 5) is 25.6. The van der Waals surface area contributed by atoms with E-state index in [1.165, 1.54) is 6.07 Å².